The third kappa shape index (κ3) is 8.17. The summed E-state index contributed by atoms with van der Waals surface area (Å²) < 4.78 is 6.35. The van der Waals surface area contributed by atoms with Crippen LogP contribution >= 0.6 is 0 Å². The predicted octanol–water partition coefficient (Wildman–Crippen LogP) is 3.38. The number of hydrogen-bond acceptors (Lipinski definition) is 5. The molecule has 0 radical (unpaired) electrons. The quantitative estimate of drug-likeness (QED) is 0.482. The fourth-order valence-electron chi connectivity index (χ4n) is 4.55. The lowest BCUT2D eigenvalue weighted by atomic mass is 9.94. The molecule has 0 saturated carbocycles. The monoisotopic (exact) mass is 534 g/mol. The van der Waals surface area contributed by atoms with Crippen molar-refractivity contribution in [2.75, 3.05) is 14.1 Å². The lowest BCUT2D eigenvalue weighted by molar-refractivity contribution is -0.136. The van der Waals surface area contributed by atoms with E-state index in [0.29, 0.717) is 18.6 Å². The molecule has 2 heterocycles. The fourth-order valence-corrected chi connectivity index (χ4v) is 4.55. The fraction of sp³-hybridized carbons (Fsp3) is 0.452. The van der Waals surface area contributed by atoms with Gasteiger partial charge in [-0.2, -0.15) is 0 Å². The van der Waals surface area contributed by atoms with Crippen LogP contribution in [0.1, 0.15) is 45.2 Å². The zero-order valence-corrected chi connectivity index (χ0v) is 23.8. The van der Waals surface area contributed by atoms with Gasteiger partial charge in [0.1, 0.15) is 23.9 Å². The molecule has 210 valence electrons. The number of amides is 3. The molecule has 0 fully saturated rings. The van der Waals surface area contributed by atoms with Gasteiger partial charge in [0.25, 0.3) is 0 Å². The molecular formula is C31H42N4O4. The van der Waals surface area contributed by atoms with Crippen molar-refractivity contribution < 1.29 is 19.1 Å². The summed E-state index contributed by atoms with van der Waals surface area (Å²) in [4.78, 5) is 42.6. The highest BCUT2D eigenvalue weighted by Gasteiger charge is 2.38. The number of ether oxygens (including phenoxy) is 1. The van der Waals surface area contributed by atoms with E-state index in [1.165, 1.54) is 0 Å². The van der Waals surface area contributed by atoms with Crippen LogP contribution in [0.3, 0.4) is 0 Å². The van der Waals surface area contributed by atoms with Crippen LogP contribution in [-0.2, 0) is 20.8 Å². The molecule has 4 rings (SSSR count). The highest BCUT2D eigenvalue weighted by Crippen LogP contribution is 2.21. The average molecular weight is 535 g/mol. The van der Waals surface area contributed by atoms with Gasteiger partial charge in [0.05, 0.1) is 6.04 Å². The molecule has 0 unspecified atom stereocenters. The van der Waals surface area contributed by atoms with Gasteiger partial charge in [-0.15, -0.1) is 0 Å². The van der Waals surface area contributed by atoms with Crippen molar-refractivity contribution >= 4 is 23.8 Å². The lowest BCUT2D eigenvalue weighted by Crippen LogP contribution is -2.62. The zero-order chi connectivity index (χ0) is 28.5. The largest absolute Gasteiger partial charge is 0.487 e. The molecule has 3 amide bonds. The number of nitrogens with one attached hydrogen (secondary N) is 3. The summed E-state index contributed by atoms with van der Waals surface area (Å²) in [5, 5.41) is 8.73. The summed E-state index contributed by atoms with van der Waals surface area (Å²) in [5.74, 6) is -0.734. The van der Waals surface area contributed by atoms with E-state index < -0.39 is 30.1 Å². The molecule has 8 heteroatoms. The number of fused-ring (bicyclic) bond motifs is 10. The minimum atomic E-state index is -1.03. The van der Waals surface area contributed by atoms with Gasteiger partial charge in [-0.05, 0) is 61.7 Å². The molecule has 2 bridgehead atoms. The maximum absolute atomic E-state index is 13.9. The Labute approximate surface area is 232 Å². The van der Waals surface area contributed by atoms with Gasteiger partial charge in [-0.25, -0.2) is 0 Å². The number of benzene rings is 2. The van der Waals surface area contributed by atoms with E-state index >= 15 is 0 Å². The first-order valence-corrected chi connectivity index (χ1v) is 13.7. The number of nitrogens with zero attached hydrogens (tertiary/aromatic N) is 1. The third-order valence-electron chi connectivity index (χ3n) is 7.21. The maximum atomic E-state index is 13.9. The van der Waals surface area contributed by atoms with Crippen molar-refractivity contribution in [2.24, 2.45) is 11.8 Å². The third-order valence-corrected chi connectivity index (χ3v) is 7.21. The van der Waals surface area contributed by atoms with Gasteiger partial charge in [-0.1, -0.05) is 76.6 Å². The minimum Gasteiger partial charge on any atom is -0.487 e. The first-order valence-electron chi connectivity index (χ1n) is 13.7. The minimum absolute atomic E-state index is 0.128. The molecule has 0 spiro atoms. The van der Waals surface area contributed by atoms with Crippen molar-refractivity contribution in [1.82, 2.24) is 20.9 Å². The predicted molar refractivity (Wildman–Crippen MR) is 154 cm³/mol. The first kappa shape index (κ1) is 29.9. The average Bonchev–Trinajstić information content (AvgIpc) is 2.92. The van der Waals surface area contributed by atoms with Crippen molar-refractivity contribution in [3.63, 3.8) is 0 Å². The molecule has 0 aliphatic carbocycles. The molecule has 2 aromatic rings. The molecule has 0 saturated heterocycles. The lowest BCUT2D eigenvalue weighted by Gasteiger charge is -2.34. The first-order chi connectivity index (χ1) is 18.6. The molecule has 8 nitrogen and oxygen atoms in total. The summed E-state index contributed by atoms with van der Waals surface area (Å²) in [5.41, 5.74) is 1.91. The topological polar surface area (TPSA) is 99.8 Å². The highest BCUT2D eigenvalue weighted by atomic mass is 16.5. The molecule has 2 aromatic carbocycles. The number of carbonyl (C=O) groups excluding carboxylic acids is 3. The summed E-state index contributed by atoms with van der Waals surface area (Å²) >= 11 is 0. The molecule has 3 N–H and O–H groups in total. The SMILES string of the molecule is CC[C@H](C)[C@@H]1NC(=O)[C@H](NC(=O)[C@H](Cc2ccccc2)N(C)C)[C@H](C(C)C)Oc2ccc(cc2)C=CNC1=O. The molecule has 5 atom stereocenters. The summed E-state index contributed by atoms with van der Waals surface area (Å²) in [7, 11) is 3.69. The second-order valence-electron chi connectivity index (χ2n) is 10.8. The van der Waals surface area contributed by atoms with Crippen molar-refractivity contribution in [1.29, 1.82) is 0 Å². The maximum Gasteiger partial charge on any atom is 0.247 e. The normalized spacial score (nSPS) is 21.5. The standard InChI is InChI=1S/C31H42N4O4/c1-7-21(4)26-30(37)32-18-17-22-13-15-24(16-14-22)39-28(20(2)3)27(31(38)33-26)34-29(36)25(35(5)6)19-23-11-9-8-10-12-23/h8-18,20-21,25-28H,7,19H2,1-6H3,(H,32,37)(H,33,38)(H,34,36)/t21-,25-,26-,27+,28-/m0/s1. The van der Waals surface area contributed by atoms with Crippen LogP contribution in [0.2, 0.25) is 0 Å². The second kappa shape index (κ2) is 13.9. The van der Waals surface area contributed by atoms with Gasteiger partial charge in [-0.3, -0.25) is 19.3 Å². The van der Waals surface area contributed by atoms with Crippen LogP contribution in [0.5, 0.6) is 5.75 Å². The molecule has 2 aliphatic heterocycles. The second-order valence-corrected chi connectivity index (χ2v) is 10.8. The highest BCUT2D eigenvalue weighted by molar-refractivity contribution is 5.94. The molecular weight excluding hydrogens is 492 g/mol. The van der Waals surface area contributed by atoms with Gasteiger partial charge < -0.3 is 20.7 Å². The number of rotatable bonds is 8. The molecule has 2 aliphatic rings. The Hall–Kier alpha value is -3.65. The van der Waals surface area contributed by atoms with E-state index in [4.69, 9.17) is 4.74 Å². The van der Waals surface area contributed by atoms with E-state index in [0.717, 1.165) is 11.1 Å². The van der Waals surface area contributed by atoms with Crippen molar-refractivity contribution in [3.8, 4) is 5.75 Å². The summed E-state index contributed by atoms with van der Waals surface area (Å²) in [6.07, 6.45) is 3.85. The Kier molecular flexibility index (Phi) is 10.7. The van der Waals surface area contributed by atoms with Crippen LogP contribution in [-0.4, -0.2) is 60.9 Å². The van der Waals surface area contributed by atoms with Crippen LogP contribution in [0.15, 0.2) is 60.8 Å². The van der Waals surface area contributed by atoms with Crippen molar-refractivity contribution in [3.05, 3.63) is 71.9 Å². The Morgan fingerprint density at radius 2 is 1.67 bits per heavy atom. The molecule has 0 aromatic heterocycles. The Bertz CT molecular complexity index is 1130. The molecule has 39 heavy (non-hydrogen) atoms. The smallest absolute Gasteiger partial charge is 0.247 e. The van der Waals surface area contributed by atoms with Crippen LogP contribution in [0.4, 0.5) is 0 Å². The zero-order valence-electron chi connectivity index (χ0n) is 23.8. The number of likely N-dealkylation sites (N-methyl/N-ethyl adjacent to an activating group) is 1. The van der Waals surface area contributed by atoms with E-state index in [1.54, 1.807) is 12.3 Å². The van der Waals surface area contributed by atoms with Gasteiger partial charge in [0.2, 0.25) is 17.7 Å². The summed E-state index contributed by atoms with van der Waals surface area (Å²) in [6, 6.07) is 14.8. The number of hydrogen-bond donors (Lipinski definition) is 3. The Balaban J connectivity index is 1.99. The van der Waals surface area contributed by atoms with Gasteiger partial charge >= 0.3 is 0 Å². The van der Waals surface area contributed by atoms with Crippen LogP contribution in [0.25, 0.3) is 6.08 Å². The van der Waals surface area contributed by atoms with E-state index in [-0.39, 0.29) is 23.7 Å². The summed E-state index contributed by atoms with van der Waals surface area (Å²) in [6.45, 7) is 7.78. The van der Waals surface area contributed by atoms with Crippen LogP contribution in [0, 0.1) is 11.8 Å². The van der Waals surface area contributed by atoms with E-state index in [2.05, 4.69) is 16.0 Å². The van der Waals surface area contributed by atoms with E-state index in [1.807, 2.05) is 101 Å². The van der Waals surface area contributed by atoms with E-state index in [9.17, 15) is 14.4 Å². The van der Waals surface area contributed by atoms with Gasteiger partial charge in [0.15, 0.2) is 0 Å². The van der Waals surface area contributed by atoms with Gasteiger partial charge in [0, 0.05) is 6.20 Å². The van der Waals surface area contributed by atoms with Crippen molar-refractivity contribution in [2.45, 2.75) is 64.8 Å². The van der Waals surface area contributed by atoms with Crippen LogP contribution < -0.4 is 20.7 Å². The number of carbonyl (C=O) groups is 3. The Morgan fingerprint density at radius 1 is 1.00 bits per heavy atom. The Morgan fingerprint density at radius 3 is 2.26 bits per heavy atom.